The second-order valence-corrected chi connectivity index (χ2v) is 4.46. The van der Waals surface area contributed by atoms with E-state index in [0.717, 1.165) is 11.3 Å². The Balaban J connectivity index is 2.24. The second-order valence-electron chi connectivity index (χ2n) is 4.46. The molecule has 1 unspecified atom stereocenters. The van der Waals surface area contributed by atoms with E-state index < -0.39 is 0 Å². The second kappa shape index (κ2) is 5.65. The lowest BCUT2D eigenvalue weighted by molar-refractivity contribution is 0.786. The van der Waals surface area contributed by atoms with Crippen LogP contribution >= 0.6 is 0 Å². The number of nitrogens with zero attached hydrogens (tertiary/aromatic N) is 1. The monoisotopic (exact) mass is 241 g/mol. The standard InChI is InChI=1S/C15H19N3/c1-11-4-3-5-14(12(11)2)18-15(10-16)13-6-8-17-9-7-13/h3-9,15,18H,10,16H2,1-2H3. The van der Waals surface area contributed by atoms with E-state index in [4.69, 9.17) is 5.73 Å². The number of hydrogen-bond acceptors (Lipinski definition) is 3. The summed E-state index contributed by atoms with van der Waals surface area (Å²) in [5, 5.41) is 3.50. The topological polar surface area (TPSA) is 50.9 Å². The zero-order valence-electron chi connectivity index (χ0n) is 10.9. The first-order valence-corrected chi connectivity index (χ1v) is 6.15. The minimum atomic E-state index is 0.119. The molecule has 0 spiro atoms. The van der Waals surface area contributed by atoms with Crippen molar-refractivity contribution in [2.24, 2.45) is 5.73 Å². The van der Waals surface area contributed by atoms with Gasteiger partial charge >= 0.3 is 0 Å². The van der Waals surface area contributed by atoms with Crippen molar-refractivity contribution in [1.29, 1.82) is 0 Å². The van der Waals surface area contributed by atoms with Crippen LogP contribution in [-0.4, -0.2) is 11.5 Å². The van der Waals surface area contributed by atoms with Crippen molar-refractivity contribution in [3.05, 3.63) is 59.4 Å². The van der Waals surface area contributed by atoms with Gasteiger partial charge in [-0.1, -0.05) is 12.1 Å². The number of hydrogen-bond donors (Lipinski definition) is 2. The maximum absolute atomic E-state index is 5.86. The Morgan fingerprint density at radius 1 is 1.17 bits per heavy atom. The smallest absolute Gasteiger partial charge is 0.0637 e. The molecule has 1 aromatic heterocycles. The molecule has 18 heavy (non-hydrogen) atoms. The molecule has 0 saturated heterocycles. The highest BCUT2D eigenvalue weighted by atomic mass is 14.9. The first-order valence-electron chi connectivity index (χ1n) is 6.15. The molecular weight excluding hydrogens is 222 g/mol. The normalized spacial score (nSPS) is 12.2. The average molecular weight is 241 g/mol. The van der Waals surface area contributed by atoms with E-state index in [0.29, 0.717) is 6.54 Å². The molecule has 2 rings (SSSR count). The number of nitrogens with one attached hydrogen (secondary N) is 1. The summed E-state index contributed by atoms with van der Waals surface area (Å²) in [7, 11) is 0. The van der Waals surface area contributed by atoms with E-state index >= 15 is 0 Å². The predicted octanol–water partition coefficient (Wildman–Crippen LogP) is 2.81. The summed E-state index contributed by atoms with van der Waals surface area (Å²) in [6.45, 7) is 4.79. The molecule has 3 N–H and O–H groups in total. The fourth-order valence-electron chi connectivity index (χ4n) is 1.97. The zero-order chi connectivity index (χ0) is 13.0. The summed E-state index contributed by atoms with van der Waals surface area (Å²) in [4.78, 5) is 4.03. The van der Waals surface area contributed by atoms with Crippen LogP contribution in [0.4, 0.5) is 5.69 Å². The molecule has 1 heterocycles. The average Bonchev–Trinajstić information content (AvgIpc) is 2.41. The van der Waals surface area contributed by atoms with Crippen LogP contribution in [0.2, 0.25) is 0 Å². The predicted molar refractivity (Wildman–Crippen MR) is 75.6 cm³/mol. The highest BCUT2D eigenvalue weighted by molar-refractivity contribution is 5.55. The van der Waals surface area contributed by atoms with Crippen LogP contribution in [0.1, 0.15) is 22.7 Å². The molecule has 0 aliphatic heterocycles. The summed E-state index contributed by atoms with van der Waals surface area (Å²) < 4.78 is 0. The van der Waals surface area contributed by atoms with Crippen molar-refractivity contribution < 1.29 is 0 Å². The van der Waals surface area contributed by atoms with Gasteiger partial charge in [0.2, 0.25) is 0 Å². The Labute approximate surface area is 108 Å². The van der Waals surface area contributed by atoms with E-state index in [-0.39, 0.29) is 6.04 Å². The van der Waals surface area contributed by atoms with E-state index in [1.807, 2.05) is 12.1 Å². The molecule has 0 saturated carbocycles. The van der Waals surface area contributed by atoms with Crippen molar-refractivity contribution in [2.75, 3.05) is 11.9 Å². The molecule has 0 radical (unpaired) electrons. The lowest BCUT2D eigenvalue weighted by Crippen LogP contribution is -2.21. The highest BCUT2D eigenvalue weighted by Gasteiger charge is 2.10. The SMILES string of the molecule is Cc1cccc(NC(CN)c2ccncc2)c1C. The molecule has 1 aromatic carbocycles. The summed E-state index contributed by atoms with van der Waals surface area (Å²) in [6.07, 6.45) is 3.59. The quantitative estimate of drug-likeness (QED) is 0.865. The summed E-state index contributed by atoms with van der Waals surface area (Å²) in [5.74, 6) is 0. The largest absolute Gasteiger partial charge is 0.377 e. The van der Waals surface area contributed by atoms with Gasteiger partial charge in [-0.2, -0.15) is 0 Å². The summed E-state index contributed by atoms with van der Waals surface area (Å²) in [5.41, 5.74) is 10.7. The molecule has 0 aliphatic carbocycles. The lowest BCUT2D eigenvalue weighted by Gasteiger charge is -2.20. The van der Waals surface area contributed by atoms with Gasteiger partial charge in [0.05, 0.1) is 6.04 Å². The Bertz CT molecular complexity index is 508. The third kappa shape index (κ3) is 2.68. The molecule has 0 amide bonds. The van der Waals surface area contributed by atoms with Gasteiger partial charge in [0, 0.05) is 24.6 Å². The Morgan fingerprint density at radius 2 is 1.89 bits per heavy atom. The molecular formula is C15H19N3. The van der Waals surface area contributed by atoms with Gasteiger partial charge in [-0.3, -0.25) is 4.98 Å². The molecule has 2 aromatic rings. The number of rotatable bonds is 4. The summed E-state index contributed by atoms with van der Waals surface area (Å²) >= 11 is 0. The van der Waals surface area contributed by atoms with E-state index in [1.165, 1.54) is 11.1 Å². The van der Waals surface area contributed by atoms with Crippen LogP contribution in [0, 0.1) is 13.8 Å². The van der Waals surface area contributed by atoms with Crippen molar-refractivity contribution in [2.45, 2.75) is 19.9 Å². The molecule has 3 nitrogen and oxygen atoms in total. The van der Waals surface area contributed by atoms with Crippen molar-refractivity contribution >= 4 is 5.69 Å². The Hall–Kier alpha value is -1.87. The molecule has 1 atom stereocenters. The Morgan fingerprint density at radius 3 is 2.56 bits per heavy atom. The summed E-state index contributed by atoms with van der Waals surface area (Å²) in [6, 6.07) is 10.4. The number of benzene rings is 1. The molecule has 0 aliphatic rings. The first-order chi connectivity index (χ1) is 8.72. The first kappa shape index (κ1) is 12.6. The van der Waals surface area contributed by atoms with E-state index in [2.05, 4.69) is 42.3 Å². The molecule has 94 valence electrons. The highest BCUT2D eigenvalue weighted by Crippen LogP contribution is 2.23. The lowest BCUT2D eigenvalue weighted by atomic mass is 10.0. The van der Waals surface area contributed by atoms with Gasteiger partial charge in [-0.05, 0) is 48.7 Å². The maximum Gasteiger partial charge on any atom is 0.0637 e. The van der Waals surface area contributed by atoms with Gasteiger partial charge in [0.1, 0.15) is 0 Å². The van der Waals surface area contributed by atoms with Crippen LogP contribution in [0.25, 0.3) is 0 Å². The minimum Gasteiger partial charge on any atom is -0.377 e. The minimum absolute atomic E-state index is 0.119. The molecule has 0 bridgehead atoms. The zero-order valence-corrected chi connectivity index (χ0v) is 10.9. The number of aryl methyl sites for hydroxylation is 1. The van der Waals surface area contributed by atoms with E-state index in [9.17, 15) is 0 Å². The van der Waals surface area contributed by atoms with Gasteiger partial charge in [0.15, 0.2) is 0 Å². The number of anilines is 1. The van der Waals surface area contributed by atoms with Gasteiger partial charge in [0.25, 0.3) is 0 Å². The fraction of sp³-hybridized carbons (Fsp3) is 0.267. The maximum atomic E-state index is 5.86. The van der Waals surface area contributed by atoms with Crippen molar-refractivity contribution in [3.63, 3.8) is 0 Å². The third-order valence-electron chi connectivity index (χ3n) is 3.28. The van der Waals surface area contributed by atoms with Crippen LogP contribution in [-0.2, 0) is 0 Å². The van der Waals surface area contributed by atoms with Crippen LogP contribution < -0.4 is 11.1 Å². The van der Waals surface area contributed by atoms with Gasteiger partial charge < -0.3 is 11.1 Å². The van der Waals surface area contributed by atoms with Crippen LogP contribution in [0.5, 0.6) is 0 Å². The number of nitrogens with two attached hydrogens (primary N) is 1. The number of pyridine rings is 1. The third-order valence-corrected chi connectivity index (χ3v) is 3.28. The molecule has 0 fully saturated rings. The van der Waals surface area contributed by atoms with Crippen LogP contribution in [0.3, 0.4) is 0 Å². The molecule has 3 heteroatoms. The van der Waals surface area contributed by atoms with Crippen LogP contribution in [0.15, 0.2) is 42.7 Å². The fourth-order valence-corrected chi connectivity index (χ4v) is 1.97. The van der Waals surface area contributed by atoms with Crippen molar-refractivity contribution in [1.82, 2.24) is 4.98 Å². The van der Waals surface area contributed by atoms with Gasteiger partial charge in [-0.15, -0.1) is 0 Å². The Kier molecular flexibility index (Phi) is 3.95. The van der Waals surface area contributed by atoms with Crippen molar-refractivity contribution in [3.8, 4) is 0 Å². The van der Waals surface area contributed by atoms with Gasteiger partial charge in [-0.25, -0.2) is 0 Å². The number of aromatic nitrogens is 1. The van der Waals surface area contributed by atoms with E-state index in [1.54, 1.807) is 12.4 Å².